The van der Waals surface area contributed by atoms with Gasteiger partial charge in [-0.2, -0.15) is 5.26 Å². The van der Waals surface area contributed by atoms with Gasteiger partial charge in [-0.1, -0.05) is 0 Å². The number of nitriles is 1. The van der Waals surface area contributed by atoms with Crippen molar-refractivity contribution in [1.82, 2.24) is 0 Å². The van der Waals surface area contributed by atoms with E-state index in [0.29, 0.717) is 5.75 Å². The Balaban J connectivity index is 2.52. The standard InChI is InChI=1S/C7H7NS2/c1-6-2-3-7(10-6)9-5-4-8/h2-3H,5H2,1H3. The Morgan fingerprint density at radius 1 is 1.70 bits per heavy atom. The van der Waals surface area contributed by atoms with E-state index in [4.69, 9.17) is 5.26 Å². The molecular formula is C7H7NS2. The SMILES string of the molecule is Cc1ccc(SCC#N)s1. The minimum absolute atomic E-state index is 0.556. The largest absolute Gasteiger partial charge is 0.197 e. The van der Waals surface area contributed by atoms with Crippen LogP contribution in [0.3, 0.4) is 0 Å². The summed E-state index contributed by atoms with van der Waals surface area (Å²) in [5.74, 6) is 0.556. The molecule has 0 saturated heterocycles. The fourth-order valence-electron chi connectivity index (χ4n) is 0.593. The minimum atomic E-state index is 0.556. The van der Waals surface area contributed by atoms with E-state index in [9.17, 15) is 0 Å². The average Bonchev–Trinajstić information content (AvgIpc) is 2.31. The lowest BCUT2D eigenvalue weighted by molar-refractivity contribution is 1.49. The summed E-state index contributed by atoms with van der Waals surface area (Å²) in [6.07, 6.45) is 0. The second kappa shape index (κ2) is 3.65. The Bertz CT molecular complexity index is 246. The molecule has 52 valence electrons. The second-order valence-electron chi connectivity index (χ2n) is 1.81. The zero-order chi connectivity index (χ0) is 7.40. The topological polar surface area (TPSA) is 23.8 Å². The molecule has 0 aromatic carbocycles. The molecule has 0 bridgehead atoms. The number of rotatable bonds is 2. The van der Waals surface area contributed by atoms with E-state index < -0.39 is 0 Å². The third-order valence-electron chi connectivity index (χ3n) is 0.995. The van der Waals surface area contributed by atoms with Crippen molar-refractivity contribution in [3.05, 3.63) is 17.0 Å². The molecule has 0 aliphatic heterocycles. The molecule has 0 amide bonds. The van der Waals surface area contributed by atoms with Gasteiger partial charge < -0.3 is 0 Å². The van der Waals surface area contributed by atoms with Crippen molar-refractivity contribution >= 4 is 23.1 Å². The van der Waals surface area contributed by atoms with Gasteiger partial charge in [0.25, 0.3) is 0 Å². The van der Waals surface area contributed by atoms with Gasteiger partial charge in [-0.3, -0.25) is 0 Å². The van der Waals surface area contributed by atoms with Crippen LogP contribution in [0.15, 0.2) is 16.3 Å². The highest BCUT2D eigenvalue weighted by molar-refractivity contribution is 8.01. The van der Waals surface area contributed by atoms with E-state index in [0.717, 1.165) is 0 Å². The van der Waals surface area contributed by atoms with E-state index in [1.165, 1.54) is 9.09 Å². The van der Waals surface area contributed by atoms with E-state index in [2.05, 4.69) is 25.1 Å². The van der Waals surface area contributed by atoms with Crippen LogP contribution in [-0.2, 0) is 0 Å². The van der Waals surface area contributed by atoms with E-state index >= 15 is 0 Å². The highest BCUT2D eigenvalue weighted by Gasteiger charge is 1.94. The monoisotopic (exact) mass is 169 g/mol. The smallest absolute Gasteiger partial charge is 0.0863 e. The van der Waals surface area contributed by atoms with E-state index in [1.807, 2.05) is 0 Å². The van der Waals surface area contributed by atoms with Gasteiger partial charge in [-0.05, 0) is 19.1 Å². The highest BCUT2D eigenvalue weighted by atomic mass is 32.2. The number of hydrogen-bond acceptors (Lipinski definition) is 3. The molecule has 0 saturated carbocycles. The van der Waals surface area contributed by atoms with Crippen LogP contribution in [0.4, 0.5) is 0 Å². The summed E-state index contributed by atoms with van der Waals surface area (Å²) in [6.45, 7) is 2.07. The molecule has 3 heteroatoms. The summed E-state index contributed by atoms with van der Waals surface area (Å²) in [5, 5.41) is 8.27. The molecule has 1 rings (SSSR count). The van der Waals surface area contributed by atoms with Crippen LogP contribution in [0, 0.1) is 18.3 Å². The highest BCUT2D eigenvalue weighted by Crippen LogP contribution is 2.25. The van der Waals surface area contributed by atoms with Crippen molar-refractivity contribution < 1.29 is 0 Å². The summed E-state index contributed by atoms with van der Waals surface area (Å²) in [4.78, 5) is 1.31. The fraction of sp³-hybridized carbons (Fsp3) is 0.286. The van der Waals surface area contributed by atoms with Gasteiger partial charge in [0.05, 0.1) is 16.0 Å². The Hall–Kier alpha value is -0.460. The second-order valence-corrected chi connectivity index (χ2v) is 4.38. The maximum absolute atomic E-state index is 8.27. The molecule has 1 heterocycles. The van der Waals surface area contributed by atoms with Gasteiger partial charge in [0.1, 0.15) is 0 Å². The number of thioether (sulfide) groups is 1. The summed E-state index contributed by atoms with van der Waals surface area (Å²) in [5.41, 5.74) is 0. The molecule has 0 spiro atoms. The number of nitrogens with zero attached hydrogens (tertiary/aromatic N) is 1. The maximum atomic E-state index is 8.27. The number of aryl methyl sites for hydroxylation is 1. The maximum Gasteiger partial charge on any atom is 0.0863 e. The molecule has 0 N–H and O–H groups in total. The first-order chi connectivity index (χ1) is 4.83. The summed E-state index contributed by atoms with van der Waals surface area (Å²) >= 11 is 3.34. The first-order valence-electron chi connectivity index (χ1n) is 2.89. The van der Waals surface area contributed by atoms with Gasteiger partial charge in [0, 0.05) is 4.88 Å². The third kappa shape index (κ3) is 2.05. The van der Waals surface area contributed by atoms with Gasteiger partial charge >= 0.3 is 0 Å². The first kappa shape index (κ1) is 7.64. The van der Waals surface area contributed by atoms with Crippen LogP contribution in [0.5, 0.6) is 0 Å². The van der Waals surface area contributed by atoms with Crippen molar-refractivity contribution in [1.29, 1.82) is 5.26 Å². The molecule has 0 unspecified atom stereocenters. The Kier molecular flexibility index (Phi) is 2.79. The lowest BCUT2D eigenvalue weighted by atomic mass is 10.5. The van der Waals surface area contributed by atoms with Gasteiger partial charge in [-0.25, -0.2) is 0 Å². The van der Waals surface area contributed by atoms with Crippen LogP contribution in [0.25, 0.3) is 0 Å². The average molecular weight is 169 g/mol. The van der Waals surface area contributed by atoms with Crippen molar-refractivity contribution in [3.63, 3.8) is 0 Å². The molecular weight excluding hydrogens is 162 g/mol. The van der Waals surface area contributed by atoms with Crippen molar-refractivity contribution in [2.45, 2.75) is 11.1 Å². The van der Waals surface area contributed by atoms with Crippen molar-refractivity contribution in [3.8, 4) is 6.07 Å². The van der Waals surface area contributed by atoms with Crippen LogP contribution in [0.2, 0.25) is 0 Å². The predicted octanol–water partition coefficient (Wildman–Crippen LogP) is 2.67. The Morgan fingerprint density at radius 3 is 3.00 bits per heavy atom. The molecule has 1 aromatic heterocycles. The zero-order valence-electron chi connectivity index (χ0n) is 5.63. The van der Waals surface area contributed by atoms with E-state index in [-0.39, 0.29) is 0 Å². The quantitative estimate of drug-likeness (QED) is 0.635. The first-order valence-corrected chi connectivity index (χ1v) is 4.69. The number of hydrogen-bond donors (Lipinski definition) is 0. The molecule has 0 aliphatic carbocycles. The minimum Gasteiger partial charge on any atom is -0.197 e. The lowest BCUT2D eigenvalue weighted by Gasteiger charge is -1.85. The Morgan fingerprint density at radius 2 is 2.50 bits per heavy atom. The summed E-state index contributed by atoms with van der Waals surface area (Å²) in [6, 6.07) is 6.23. The summed E-state index contributed by atoms with van der Waals surface area (Å²) < 4.78 is 1.24. The third-order valence-corrected chi connectivity index (χ3v) is 3.09. The van der Waals surface area contributed by atoms with Gasteiger partial charge in [0.15, 0.2) is 0 Å². The number of thiophene rings is 1. The van der Waals surface area contributed by atoms with Crippen LogP contribution >= 0.6 is 23.1 Å². The molecule has 0 atom stereocenters. The lowest BCUT2D eigenvalue weighted by Crippen LogP contribution is -1.64. The van der Waals surface area contributed by atoms with E-state index in [1.54, 1.807) is 23.1 Å². The molecule has 0 aliphatic rings. The van der Waals surface area contributed by atoms with Crippen molar-refractivity contribution in [2.24, 2.45) is 0 Å². The Labute approximate surface area is 68.7 Å². The van der Waals surface area contributed by atoms with Crippen molar-refractivity contribution in [2.75, 3.05) is 5.75 Å². The van der Waals surface area contributed by atoms with Crippen LogP contribution in [0.1, 0.15) is 4.88 Å². The zero-order valence-corrected chi connectivity index (χ0v) is 7.26. The normalized spacial score (nSPS) is 9.20. The van der Waals surface area contributed by atoms with Crippen LogP contribution in [-0.4, -0.2) is 5.75 Å². The van der Waals surface area contributed by atoms with Gasteiger partial charge in [0.2, 0.25) is 0 Å². The predicted molar refractivity (Wildman–Crippen MR) is 45.4 cm³/mol. The molecule has 0 fully saturated rings. The van der Waals surface area contributed by atoms with Gasteiger partial charge in [-0.15, -0.1) is 23.1 Å². The summed E-state index contributed by atoms with van der Waals surface area (Å²) in [7, 11) is 0. The molecule has 10 heavy (non-hydrogen) atoms. The fourth-order valence-corrected chi connectivity index (χ4v) is 2.36. The van der Waals surface area contributed by atoms with Crippen LogP contribution < -0.4 is 0 Å². The molecule has 1 nitrogen and oxygen atoms in total. The molecule has 1 aromatic rings. The molecule has 0 radical (unpaired) electrons.